The lowest BCUT2D eigenvalue weighted by molar-refractivity contribution is -0.143. The van der Waals surface area contributed by atoms with Crippen molar-refractivity contribution in [2.45, 2.75) is 25.7 Å². The van der Waals surface area contributed by atoms with Crippen LogP contribution >= 0.6 is 11.6 Å². The number of pyridine rings is 1. The first-order valence-corrected chi connectivity index (χ1v) is 11.7. The number of methoxy groups -OCH3 is 1. The summed E-state index contributed by atoms with van der Waals surface area (Å²) in [5.41, 5.74) is 0.994. The van der Waals surface area contributed by atoms with Gasteiger partial charge in [-0.1, -0.05) is 24.6 Å². The molecule has 0 amide bonds. The minimum Gasteiger partial charge on any atom is -0.481 e. The van der Waals surface area contributed by atoms with Gasteiger partial charge in [0.2, 0.25) is 11.8 Å². The van der Waals surface area contributed by atoms with Crippen LogP contribution in [0.4, 0.5) is 29.2 Å². The number of aromatic nitrogens is 4. The third kappa shape index (κ3) is 4.73. The molecule has 1 saturated carbocycles. The molecule has 1 aromatic carbocycles. The molecule has 2 aromatic heterocycles. The molecule has 3 aromatic rings. The first-order valence-electron chi connectivity index (χ1n) is 11.3. The lowest BCUT2D eigenvalue weighted by Gasteiger charge is -2.58. The molecule has 192 valence electrons. The topological polar surface area (TPSA) is 77.3 Å². The maximum atomic E-state index is 14.3. The van der Waals surface area contributed by atoms with Crippen LogP contribution in [0.15, 0.2) is 36.5 Å². The molecular weight excluding hydrogens is 504 g/mol. The predicted octanol–water partition coefficient (Wildman–Crippen LogP) is 5.01. The van der Waals surface area contributed by atoms with E-state index in [9.17, 15) is 17.6 Å². The van der Waals surface area contributed by atoms with Crippen molar-refractivity contribution in [3.63, 3.8) is 0 Å². The van der Waals surface area contributed by atoms with Crippen LogP contribution in [0.25, 0.3) is 0 Å². The zero-order valence-corrected chi connectivity index (χ0v) is 20.1. The van der Waals surface area contributed by atoms with Crippen LogP contribution in [0, 0.1) is 23.6 Å². The number of hydrogen-bond acceptors (Lipinski definition) is 7. The molecule has 6 rings (SSSR count). The Hall–Kier alpha value is -3.28. The second-order valence-corrected chi connectivity index (χ2v) is 9.37. The molecule has 2 aliphatic heterocycles. The summed E-state index contributed by atoms with van der Waals surface area (Å²) in [5, 5.41) is 6.94. The fraction of sp³-hybridized carbons (Fsp3) is 0.435. The second kappa shape index (κ2) is 9.30. The standard InChI is InChI=1S/C23H23ClF4N6O2/c1-12-14-9-33(13-6-7-29-18(8-13)35-2)10-15(12)20(14)30-21-31-22(34(32-21)11-23(26,27)28)36-17-5-3-4-16(24)19(17)25/h3-8,12,14-15,20H,9-11H2,1-2H3,(H,30,32). The van der Waals surface area contributed by atoms with E-state index in [4.69, 9.17) is 21.1 Å². The highest BCUT2D eigenvalue weighted by atomic mass is 35.5. The first-order chi connectivity index (χ1) is 17.1. The van der Waals surface area contributed by atoms with Crippen molar-refractivity contribution < 1.29 is 27.0 Å². The van der Waals surface area contributed by atoms with Crippen LogP contribution in [-0.2, 0) is 6.54 Å². The normalized spacial score (nSPS) is 23.2. The van der Waals surface area contributed by atoms with Crippen molar-refractivity contribution in [2.75, 3.05) is 30.4 Å². The maximum Gasteiger partial charge on any atom is 0.408 e. The van der Waals surface area contributed by atoms with Crippen LogP contribution < -0.4 is 19.7 Å². The van der Waals surface area contributed by atoms with Crippen LogP contribution in [0.1, 0.15) is 6.92 Å². The van der Waals surface area contributed by atoms with Crippen molar-refractivity contribution in [2.24, 2.45) is 17.8 Å². The summed E-state index contributed by atoms with van der Waals surface area (Å²) in [4.78, 5) is 10.5. The van der Waals surface area contributed by atoms with E-state index in [-0.39, 0.29) is 34.6 Å². The number of alkyl halides is 3. The summed E-state index contributed by atoms with van der Waals surface area (Å²) in [6.45, 7) is 2.20. The summed E-state index contributed by atoms with van der Waals surface area (Å²) < 4.78 is 64.9. The van der Waals surface area contributed by atoms with E-state index < -0.39 is 24.5 Å². The molecule has 3 aliphatic rings. The maximum absolute atomic E-state index is 14.3. The Labute approximate surface area is 209 Å². The Bertz CT molecular complexity index is 1240. The summed E-state index contributed by atoms with van der Waals surface area (Å²) in [6.07, 6.45) is -2.89. The minimum atomic E-state index is -4.58. The highest BCUT2D eigenvalue weighted by Gasteiger charge is 2.53. The molecule has 3 fully saturated rings. The van der Waals surface area contributed by atoms with E-state index in [1.807, 2.05) is 12.1 Å². The van der Waals surface area contributed by atoms with E-state index >= 15 is 0 Å². The Morgan fingerprint density at radius 2 is 1.94 bits per heavy atom. The number of halogens is 5. The Balaban J connectivity index is 1.34. The molecule has 1 N–H and O–H groups in total. The minimum absolute atomic E-state index is 0.0115. The monoisotopic (exact) mass is 526 g/mol. The van der Waals surface area contributed by atoms with Gasteiger partial charge in [-0.05, 0) is 36.0 Å². The zero-order chi connectivity index (χ0) is 25.6. The summed E-state index contributed by atoms with van der Waals surface area (Å²) >= 11 is 5.76. The summed E-state index contributed by atoms with van der Waals surface area (Å²) in [5.74, 6) is 0.114. The van der Waals surface area contributed by atoms with Crippen LogP contribution in [0.5, 0.6) is 17.6 Å². The fourth-order valence-corrected chi connectivity index (χ4v) is 5.13. The van der Waals surface area contributed by atoms with Gasteiger partial charge in [-0.15, -0.1) is 5.10 Å². The van der Waals surface area contributed by atoms with Gasteiger partial charge in [0.15, 0.2) is 11.6 Å². The summed E-state index contributed by atoms with van der Waals surface area (Å²) in [6, 6.07) is 7.25. The van der Waals surface area contributed by atoms with Gasteiger partial charge >= 0.3 is 12.2 Å². The third-order valence-electron chi connectivity index (χ3n) is 6.81. The smallest absolute Gasteiger partial charge is 0.408 e. The number of nitrogens with zero attached hydrogens (tertiary/aromatic N) is 5. The molecule has 2 saturated heterocycles. The number of benzene rings is 1. The highest BCUT2D eigenvalue weighted by molar-refractivity contribution is 6.30. The van der Waals surface area contributed by atoms with E-state index in [2.05, 4.69) is 32.2 Å². The van der Waals surface area contributed by atoms with Crippen molar-refractivity contribution in [3.05, 3.63) is 47.4 Å². The Morgan fingerprint density at radius 1 is 1.19 bits per heavy atom. The average molecular weight is 527 g/mol. The van der Waals surface area contributed by atoms with Crippen molar-refractivity contribution in [1.82, 2.24) is 19.7 Å². The van der Waals surface area contributed by atoms with Gasteiger partial charge in [0.1, 0.15) is 6.54 Å². The largest absolute Gasteiger partial charge is 0.481 e. The lowest BCUT2D eigenvalue weighted by atomic mass is 9.58. The number of anilines is 2. The average Bonchev–Trinajstić information content (AvgIpc) is 3.21. The number of hydrogen-bond donors (Lipinski definition) is 1. The van der Waals surface area contributed by atoms with Crippen molar-refractivity contribution in [3.8, 4) is 17.6 Å². The third-order valence-corrected chi connectivity index (χ3v) is 7.10. The van der Waals surface area contributed by atoms with Gasteiger partial charge in [-0.3, -0.25) is 0 Å². The molecular formula is C23H23ClF4N6O2. The molecule has 36 heavy (non-hydrogen) atoms. The molecule has 8 nitrogen and oxygen atoms in total. The van der Waals surface area contributed by atoms with Gasteiger partial charge in [0.05, 0.1) is 12.1 Å². The van der Waals surface area contributed by atoms with E-state index in [1.165, 1.54) is 18.2 Å². The zero-order valence-electron chi connectivity index (χ0n) is 19.3. The van der Waals surface area contributed by atoms with Gasteiger partial charge < -0.3 is 19.7 Å². The number of fused-ring (bicyclic) bond motifs is 2. The van der Waals surface area contributed by atoms with Gasteiger partial charge in [0.25, 0.3) is 0 Å². The summed E-state index contributed by atoms with van der Waals surface area (Å²) in [7, 11) is 1.56. The van der Waals surface area contributed by atoms with E-state index in [1.54, 1.807) is 13.3 Å². The number of nitrogens with one attached hydrogen (secondary N) is 1. The number of ether oxygens (including phenoxy) is 2. The lowest BCUT2D eigenvalue weighted by Crippen LogP contribution is -2.66. The SMILES string of the molecule is COc1cc(N2CC3C(C)C(C2)C3Nc2nc(Oc3cccc(Cl)c3F)n(CC(F)(F)F)n2)ccn1. The molecule has 2 unspecified atom stereocenters. The highest BCUT2D eigenvalue weighted by Crippen LogP contribution is 2.48. The molecule has 2 bridgehead atoms. The Kier molecular flexibility index (Phi) is 6.31. The molecule has 0 spiro atoms. The molecule has 4 heterocycles. The van der Waals surface area contributed by atoms with Gasteiger partial charge in [-0.25, -0.2) is 14.1 Å². The second-order valence-electron chi connectivity index (χ2n) is 8.96. The van der Waals surface area contributed by atoms with Gasteiger partial charge in [-0.2, -0.15) is 18.2 Å². The number of piperidine rings is 2. The van der Waals surface area contributed by atoms with Crippen LogP contribution in [0.3, 0.4) is 0 Å². The number of rotatable bonds is 7. The molecule has 1 aliphatic carbocycles. The predicted molar refractivity (Wildman–Crippen MR) is 124 cm³/mol. The molecule has 2 atom stereocenters. The Morgan fingerprint density at radius 3 is 2.64 bits per heavy atom. The first kappa shape index (κ1) is 24.4. The van der Waals surface area contributed by atoms with Crippen LogP contribution in [0.2, 0.25) is 5.02 Å². The molecule has 13 heteroatoms. The van der Waals surface area contributed by atoms with Crippen LogP contribution in [-0.4, -0.2) is 52.2 Å². The van der Waals surface area contributed by atoms with Gasteiger partial charge in [0, 0.05) is 37.1 Å². The van der Waals surface area contributed by atoms with E-state index in [0.717, 1.165) is 18.8 Å². The fourth-order valence-electron chi connectivity index (χ4n) is 4.97. The van der Waals surface area contributed by atoms with E-state index in [0.29, 0.717) is 16.5 Å². The quantitative estimate of drug-likeness (QED) is 0.434. The van der Waals surface area contributed by atoms with Crippen molar-refractivity contribution >= 4 is 23.2 Å². The molecule has 0 radical (unpaired) electrons. The van der Waals surface area contributed by atoms with Crippen molar-refractivity contribution in [1.29, 1.82) is 0 Å².